The van der Waals surface area contributed by atoms with E-state index < -0.39 is 23.1 Å². The summed E-state index contributed by atoms with van der Waals surface area (Å²) in [6.45, 7) is 3.36. The van der Waals surface area contributed by atoms with Crippen LogP contribution in [0.1, 0.15) is 37.2 Å². The Morgan fingerprint density at radius 1 is 1.41 bits per heavy atom. The lowest BCUT2D eigenvalue weighted by Gasteiger charge is -2.27. The standard InChI is InChI=1S/C10H15N3O4/c1-3-10(4-2,8(15)16)13-7(14)6-5-11-9(17)12-6/h5H,3-4H2,1-2H3,(H,13,14)(H,15,16)(H2,11,12,17). The number of carbonyl (C=O) groups is 2. The summed E-state index contributed by atoms with van der Waals surface area (Å²) in [6.07, 6.45) is 1.73. The molecule has 17 heavy (non-hydrogen) atoms. The third-order valence-corrected chi connectivity index (χ3v) is 2.81. The number of imidazole rings is 1. The predicted molar refractivity (Wildman–Crippen MR) is 59.8 cm³/mol. The molecule has 7 nitrogen and oxygen atoms in total. The normalized spacial score (nSPS) is 11.2. The average Bonchev–Trinajstić information content (AvgIpc) is 2.72. The highest BCUT2D eigenvalue weighted by atomic mass is 16.4. The van der Waals surface area contributed by atoms with Gasteiger partial charge in [0, 0.05) is 6.20 Å². The fourth-order valence-corrected chi connectivity index (χ4v) is 1.52. The van der Waals surface area contributed by atoms with Crippen molar-refractivity contribution >= 4 is 11.9 Å². The quantitative estimate of drug-likeness (QED) is 0.584. The van der Waals surface area contributed by atoms with Crippen LogP contribution in [0.2, 0.25) is 0 Å². The summed E-state index contributed by atoms with van der Waals surface area (Å²) >= 11 is 0. The molecule has 0 fully saturated rings. The number of carboxylic acid groups (broad SMARTS) is 1. The number of aromatic amines is 2. The molecule has 4 N–H and O–H groups in total. The Hall–Kier alpha value is -2.05. The van der Waals surface area contributed by atoms with E-state index in [9.17, 15) is 14.4 Å². The van der Waals surface area contributed by atoms with Crippen LogP contribution in [-0.2, 0) is 4.79 Å². The highest BCUT2D eigenvalue weighted by Crippen LogP contribution is 2.15. The van der Waals surface area contributed by atoms with Gasteiger partial charge in [0.25, 0.3) is 5.91 Å². The Morgan fingerprint density at radius 2 is 2.00 bits per heavy atom. The Labute approximate surface area is 97.2 Å². The first-order chi connectivity index (χ1) is 7.95. The van der Waals surface area contributed by atoms with Crippen molar-refractivity contribution in [3.8, 4) is 0 Å². The maximum absolute atomic E-state index is 11.7. The molecule has 0 aliphatic rings. The number of H-pyrrole nitrogens is 2. The van der Waals surface area contributed by atoms with E-state index in [0.29, 0.717) is 0 Å². The van der Waals surface area contributed by atoms with Crippen molar-refractivity contribution in [1.82, 2.24) is 15.3 Å². The molecule has 1 heterocycles. The molecule has 0 aliphatic heterocycles. The van der Waals surface area contributed by atoms with Crippen molar-refractivity contribution in [1.29, 1.82) is 0 Å². The monoisotopic (exact) mass is 241 g/mol. The summed E-state index contributed by atoms with van der Waals surface area (Å²) in [6, 6.07) is 0. The number of carbonyl (C=O) groups excluding carboxylic acids is 1. The van der Waals surface area contributed by atoms with Gasteiger partial charge in [-0.3, -0.25) is 4.79 Å². The van der Waals surface area contributed by atoms with Gasteiger partial charge in [0.2, 0.25) is 0 Å². The lowest BCUT2D eigenvalue weighted by atomic mass is 9.93. The largest absolute Gasteiger partial charge is 0.480 e. The van der Waals surface area contributed by atoms with E-state index >= 15 is 0 Å². The average molecular weight is 241 g/mol. The van der Waals surface area contributed by atoms with E-state index in [2.05, 4.69) is 15.3 Å². The molecule has 7 heteroatoms. The van der Waals surface area contributed by atoms with Gasteiger partial charge >= 0.3 is 11.7 Å². The van der Waals surface area contributed by atoms with Crippen molar-refractivity contribution in [2.75, 3.05) is 0 Å². The molecule has 0 spiro atoms. The highest BCUT2D eigenvalue weighted by Gasteiger charge is 2.36. The van der Waals surface area contributed by atoms with Crippen LogP contribution in [-0.4, -0.2) is 32.5 Å². The van der Waals surface area contributed by atoms with Gasteiger partial charge in [0.1, 0.15) is 11.2 Å². The second kappa shape index (κ2) is 4.86. The summed E-state index contributed by atoms with van der Waals surface area (Å²) < 4.78 is 0. The Kier molecular flexibility index (Phi) is 3.72. The minimum atomic E-state index is -1.30. The second-order valence-electron chi connectivity index (χ2n) is 3.70. The molecule has 0 aliphatic carbocycles. The number of aromatic nitrogens is 2. The lowest BCUT2D eigenvalue weighted by Crippen LogP contribution is -2.53. The van der Waals surface area contributed by atoms with Crippen molar-refractivity contribution in [2.24, 2.45) is 0 Å². The molecule has 1 aromatic heterocycles. The van der Waals surface area contributed by atoms with Crippen LogP contribution in [0.3, 0.4) is 0 Å². The van der Waals surface area contributed by atoms with Crippen molar-refractivity contribution in [3.63, 3.8) is 0 Å². The van der Waals surface area contributed by atoms with Gasteiger partial charge in [-0.15, -0.1) is 0 Å². The molecule has 1 aromatic rings. The zero-order valence-corrected chi connectivity index (χ0v) is 9.66. The zero-order valence-electron chi connectivity index (χ0n) is 9.66. The van der Waals surface area contributed by atoms with Gasteiger partial charge in [-0.05, 0) is 12.8 Å². The third kappa shape index (κ3) is 2.55. The minimum absolute atomic E-state index is 0.0162. The first-order valence-corrected chi connectivity index (χ1v) is 5.28. The number of nitrogens with one attached hydrogen (secondary N) is 3. The molecule has 1 amide bonds. The zero-order chi connectivity index (χ0) is 13.1. The van der Waals surface area contributed by atoms with Gasteiger partial charge in [0.05, 0.1) is 0 Å². The number of carboxylic acids is 1. The van der Waals surface area contributed by atoms with Crippen LogP contribution < -0.4 is 11.0 Å². The predicted octanol–water partition coefficient (Wildman–Crippen LogP) is 0.0762. The SMILES string of the molecule is CCC(CC)(NC(=O)c1c[nH]c(=O)[nH]1)C(=O)O. The van der Waals surface area contributed by atoms with Crippen LogP contribution in [0.5, 0.6) is 0 Å². The number of hydrogen-bond donors (Lipinski definition) is 4. The summed E-state index contributed by atoms with van der Waals surface area (Å²) in [5.41, 5.74) is -1.79. The van der Waals surface area contributed by atoms with Gasteiger partial charge in [-0.2, -0.15) is 0 Å². The first-order valence-electron chi connectivity index (χ1n) is 5.28. The Morgan fingerprint density at radius 3 is 2.35 bits per heavy atom. The fraction of sp³-hybridized carbons (Fsp3) is 0.500. The maximum atomic E-state index is 11.7. The fourth-order valence-electron chi connectivity index (χ4n) is 1.52. The van der Waals surface area contributed by atoms with E-state index in [0.717, 1.165) is 0 Å². The topological polar surface area (TPSA) is 115 Å². The van der Waals surface area contributed by atoms with Crippen molar-refractivity contribution in [3.05, 3.63) is 22.4 Å². The summed E-state index contributed by atoms with van der Waals surface area (Å²) in [5, 5.41) is 11.6. The lowest BCUT2D eigenvalue weighted by molar-refractivity contribution is -0.144. The highest BCUT2D eigenvalue weighted by molar-refractivity contribution is 5.96. The summed E-state index contributed by atoms with van der Waals surface area (Å²) in [4.78, 5) is 38.3. The third-order valence-electron chi connectivity index (χ3n) is 2.81. The molecular formula is C10H15N3O4. The van der Waals surface area contributed by atoms with E-state index in [1.807, 2.05) is 0 Å². The first kappa shape index (κ1) is 13.0. The van der Waals surface area contributed by atoms with Crippen molar-refractivity contribution < 1.29 is 14.7 Å². The Bertz CT molecular complexity index is 470. The van der Waals surface area contributed by atoms with Gasteiger partial charge in [0.15, 0.2) is 0 Å². The number of rotatable bonds is 5. The molecule has 0 bridgehead atoms. The second-order valence-corrected chi connectivity index (χ2v) is 3.70. The molecular weight excluding hydrogens is 226 g/mol. The van der Waals surface area contributed by atoms with Crippen LogP contribution in [0.4, 0.5) is 0 Å². The summed E-state index contributed by atoms with van der Waals surface area (Å²) in [5.74, 6) is -1.71. The molecule has 0 aromatic carbocycles. The van der Waals surface area contributed by atoms with E-state index in [-0.39, 0.29) is 18.5 Å². The molecule has 0 unspecified atom stereocenters. The van der Waals surface area contributed by atoms with E-state index in [1.165, 1.54) is 6.20 Å². The molecule has 0 saturated carbocycles. The molecule has 0 atom stereocenters. The van der Waals surface area contributed by atoms with Crippen LogP contribution in [0.25, 0.3) is 0 Å². The van der Waals surface area contributed by atoms with E-state index in [4.69, 9.17) is 5.11 Å². The van der Waals surface area contributed by atoms with E-state index in [1.54, 1.807) is 13.8 Å². The van der Waals surface area contributed by atoms with Crippen LogP contribution >= 0.6 is 0 Å². The minimum Gasteiger partial charge on any atom is -0.480 e. The van der Waals surface area contributed by atoms with Gasteiger partial charge in [-0.25, -0.2) is 9.59 Å². The number of amides is 1. The van der Waals surface area contributed by atoms with Gasteiger partial charge in [-0.1, -0.05) is 13.8 Å². The smallest absolute Gasteiger partial charge is 0.329 e. The molecule has 0 radical (unpaired) electrons. The van der Waals surface area contributed by atoms with Crippen LogP contribution in [0, 0.1) is 0 Å². The molecule has 1 rings (SSSR count). The maximum Gasteiger partial charge on any atom is 0.329 e. The number of hydrogen-bond acceptors (Lipinski definition) is 3. The van der Waals surface area contributed by atoms with Crippen LogP contribution in [0.15, 0.2) is 11.0 Å². The number of aliphatic carboxylic acids is 1. The molecule has 94 valence electrons. The van der Waals surface area contributed by atoms with Crippen molar-refractivity contribution in [2.45, 2.75) is 32.2 Å². The summed E-state index contributed by atoms with van der Waals surface area (Å²) in [7, 11) is 0. The van der Waals surface area contributed by atoms with Gasteiger partial charge < -0.3 is 20.4 Å². The molecule has 0 saturated heterocycles. The Balaban J connectivity index is 2.92.